The lowest BCUT2D eigenvalue weighted by molar-refractivity contribution is 0.158. The number of hydrogen-bond donors (Lipinski definition) is 0. The molecule has 2 aromatic rings. The smallest absolute Gasteiger partial charge is 0.410 e. The Bertz CT molecular complexity index is 578. The molecule has 4 heteroatoms. The van der Waals surface area contributed by atoms with Crippen LogP contribution in [0.5, 0.6) is 0 Å². The predicted octanol–water partition coefficient (Wildman–Crippen LogP) is 3.28. The van der Waals surface area contributed by atoms with Gasteiger partial charge in [-0.2, -0.15) is 0 Å². The Kier molecular flexibility index (Phi) is 2.96. The third-order valence-corrected chi connectivity index (χ3v) is 4.26. The quantitative estimate of drug-likeness (QED) is 0.848. The van der Waals surface area contributed by atoms with E-state index >= 15 is 0 Å². The molecule has 3 nitrogen and oxygen atoms in total. The molecule has 0 bridgehead atoms. The van der Waals surface area contributed by atoms with Gasteiger partial charge in [0.1, 0.15) is 6.61 Å². The molecule has 1 aliphatic rings. The summed E-state index contributed by atoms with van der Waals surface area (Å²) in [5, 5.41) is 3.40. The standard InChI is InChI=1S/C14H15NO2S/c1-10-9-17-14(16)15(10)6-4-11-2-3-12-5-7-18-13(12)8-11/h2-3,5,7-8,10H,4,6,9H2,1H3/t10-/m1/s1. The average Bonchev–Trinajstić information content (AvgIpc) is 2.94. The highest BCUT2D eigenvalue weighted by molar-refractivity contribution is 7.17. The molecule has 0 N–H and O–H groups in total. The number of ether oxygens (including phenoxy) is 1. The second kappa shape index (κ2) is 4.61. The fraction of sp³-hybridized carbons (Fsp3) is 0.357. The van der Waals surface area contributed by atoms with Crippen molar-refractivity contribution in [3.05, 3.63) is 35.2 Å². The van der Waals surface area contributed by atoms with E-state index in [9.17, 15) is 4.79 Å². The van der Waals surface area contributed by atoms with E-state index in [1.807, 2.05) is 6.92 Å². The molecule has 1 atom stereocenters. The summed E-state index contributed by atoms with van der Waals surface area (Å²) < 4.78 is 6.32. The summed E-state index contributed by atoms with van der Waals surface area (Å²) in [5.74, 6) is 0. The highest BCUT2D eigenvalue weighted by Crippen LogP contribution is 2.22. The molecule has 0 radical (unpaired) electrons. The third kappa shape index (κ3) is 2.08. The molecular formula is C14H15NO2S. The second-order valence-corrected chi connectivity index (χ2v) is 5.61. The minimum atomic E-state index is -0.181. The molecular weight excluding hydrogens is 246 g/mol. The molecule has 94 valence electrons. The maximum absolute atomic E-state index is 11.5. The molecule has 1 saturated heterocycles. The zero-order valence-corrected chi connectivity index (χ0v) is 11.1. The van der Waals surface area contributed by atoms with Crippen LogP contribution in [0.25, 0.3) is 10.1 Å². The van der Waals surface area contributed by atoms with Crippen molar-refractivity contribution < 1.29 is 9.53 Å². The molecule has 18 heavy (non-hydrogen) atoms. The number of hydrogen-bond acceptors (Lipinski definition) is 3. The van der Waals surface area contributed by atoms with Gasteiger partial charge in [-0.25, -0.2) is 4.79 Å². The van der Waals surface area contributed by atoms with Crippen molar-refractivity contribution in [1.82, 2.24) is 4.90 Å². The summed E-state index contributed by atoms with van der Waals surface area (Å²) in [6, 6.07) is 8.83. The summed E-state index contributed by atoms with van der Waals surface area (Å²) in [6.07, 6.45) is 0.701. The summed E-state index contributed by atoms with van der Waals surface area (Å²) >= 11 is 1.76. The van der Waals surface area contributed by atoms with Gasteiger partial charge in [-0.3, -0.25) is 0 Å². The van der Waals surface area contributed by atoms with Crippen molar-refractivity contribution in [3.63, 3.8) is 0 Å². The van der Waals surface area contributed by atoms with Crippen molar-refractivity contribution in [2.75, 3.05) is 13.2 Å². The van der Waals surface area contributed by atoms with Crippen molar-refractivity contribution >= 4 is 27.5 Å². The second-order valence-electron chi connectivity index (χ2n) is 4.66. The van der Waals surface area contributed by atoms with Gasteiger partial charge in [0.15, 0.2) is 0 Å². The molecule has 3 rings (SSSR count). The summed E-state index contributed by atoms with van der Waals surface area (Å²) in [6.45, 7) is 3.27. The number of fused-ring (bicyclic) bond motifs is 1. The number of carbonyl (C=O) groups is 1. The Balaban J connectivity index is 1.70. The van der Waals surface area contributed by atoms with E-state index < -0.39 is 0 Å². The van der Waals surface area contributed by atoms with Crippen LogP contribution in [0, 0.1) is 0 Å². The Hall–Kier alpha value is -1.55. The number of nitrogens with zero attached hydrogens (tertiary/aromatic N) is 1. The number of amides is 1. The number of cyclic esters (lactones) is 1. The number of benzene rings is 1. The molecule has 1 aromatic heterocycles. The molecule has 1 aliphatic heterocycles. The third-order valence-electron chi connectivity index (χ3n) is 3.38. The van der Waals surface area contributed by atoms with Crippen LogP contribution in [0.1, 0.15) is 12.5 Å². The first-order valence-corrected chi connectivity index (χ1v) is 7.01. The number of thiophene rings is 1. The Morgan fingerprint density at radius 2 is 2.33 bits per heavy atom. The first kappa shape index (κ1) is 11.5. The first-order valence-electron chi connectivity index (χ1n) is 6.13. The minimum Gasteiger partial charge on any atom is -0.447 e. The van der Waals surface area contributed by atoms with Crippen LogP contribution in [-0.4, -0.2) is 30.2 Å². The highest BCUT2D eigenvalue weighted by atomic mass is 32.1. The number of carbonyl (C=O) groups excluding carboxylic acids is 1. The topological polar surface area (TPSA) is 29.5 Å². The molecule has 0 aliphatic carbocycles. The fourth-order valence-electron chi connectivity index (χ4n) is 2.26. The number of rotatable bonds is 3. The first-order chi connectivity index (χ1) is 8.74. The van der Waals surface area contributed by atoms with Crippen LogP contribution in [0.4, 0.5) is 4.79 Å². The van der Waals surface area contributed by atoms with E-state index in [1.54, 1.807) is 16.2 Å². The summed E-state index contributed by atoms with van der Waals surface area (Å²) in [7, 11) is 0. The predicted molar refractivity (Wildman–Crippen MR) is 73.0 cm³/mol. The van der Waals surface area contributed by atoms with Gasteiger partial charge in [-0.05, 0) is 41.8 Å². The lowest BCUT2D eigenvalue weighted by Crippen LogP contribution is -2.33. The van der Waals surface area contributed by atoms with Gasteiger partial charge in [0.25, 0.3) is 0 Å². The van der Waals surface area contributed by atoms with E-state index in [2.05, 4.69) is 29.6 Å². The van der Waals surface area contributed by atoms with E-state index in [1.165, 1.54) is 15.6 Å². The van der Waals surface area contributed by atoms with Crippen LogP contribution < -0.4 is 0 Å². The van der Waals surface area contributed by atoms with Gasteiger partial charge >= 0.3 is 6.09 Å². The molecule has 0 unspecified atom stereocenters. The van der Waals surface area contributed by atoms with Crippen LogP contribution >= 0.6 is 11.3 Å². The monoisotopic (exact) mass is 261 g/mol. The Morgan fingerprint density at radius 1 is 1.44 bits per heavy atom. The zero-order valence-electron chi connectivity index (χ0n) is 10.3. The maximum Gasteiger partial charge on any atom is 0.410 e. The summed E-state index contributed by atoms with van der Waals surface area (Å²) in [5.41, 5.74) is 1.27. The van der Waals surface area contributed by atoms with Crippen molar-refractivity contribution in [3.8, 4) is 0 Å². The zero-order chi connectivity index (χ0) is 12.5. The molecule has 0 spiro atoms. The van der Waals surface area contributed by atoms with Crippen molar-refractivity contribution in [2.24, 2.45) is 0 Å². The molecule has 0 saturated carbocycles. The van der Waals surface area contributed by atoms with Crippen LogP contribution in [0.15, 0.2) is 29.6 Å². The van der Waals surface area contributed by atoms with Crippen LogP contribution in [0.2, 0.25) is 0 Å². The lowest BCUT2D eigenvalue weighted by Gasteiger charge is -2.17. The van der Waals surface area contributed by atoms with Crippen molar-refractivity contribution in [1.29, 1.82) is 0 Å². The van der Waals surface area contributed by atoms with E-state index in [0.717, 1.165) is 13.0 Å². The van der Waals surface area contributed by atoms with E-state index in [4.69, 9.17) is 4.74 Å². The molecule has 2 heterocycles. The van der Waals surface area contributed by atoms with Crippen molar-refractivity contribution in [2.45, 2.75) is 19.4 Å². The van der Waals surface area contributed by atoms with Gasteiger partial charge in [0.05, 0.1) is 6.04 Å². The Labute approximate surface area is 110 Å². The average molecular weight is 261 g/mol. The van der Waals surface area contributed by atoms with Gasteiger partial charge < -0.3 is 9.64 Å². The normalized spacial score (nSPS) is 19.5. The lowest BCUT2D eigenvalue weighted by atomic mass is 10.1. The highest BCUT2D eigenvalue weighted by Gasteiger charge is 2.28. The largest absolute Gasteiger partial charge is 0.447 e. The molecule has 1 fully saturated rings. The maximum atomic E-state index is 11.5. The SMILES string of the molecule is C[C@@H]1COC(=O)N1CCc1ccc2ccsc2c1. The van der Waals surface area contributed by atoms with Gasteiger partial charge in [0.2, 0.25) is 0 Å². The fourth-order valence-corrected chi connectivity index (χ4v) is 3.11. The van der Waals surface area contributed by atoms with E-state index in [-0.39, 0.29) is 12.1 Å². The summed E-state index contributed by atoms with van der Waals surface area (Å²) in [4.78, 5) is 13.3. The molecule has 1 aromatic carbocycles. The van der Waals surface area contributed by atoms with Gasteiger partial charge in [0, 0.05) is 11.2 Å². The van der Waals surface area contributed by atoms with Gasteiger partial charge in [-0.1, -0.05) is 12.1 Å². The Morgan fingerprint density at radius 3 is 3.11 bits per heavy atom. The minimum absolute atomic E-state index is 0.181. The van der Waals surface area contributed by atoms with Crippen LogP contribution in [-0.2, 0) is 11.2 Å². The molecule has 1 amide bonds. The van der Waals surface area contributed by atoms with Gasteiger partial charge in [-0.15, -0.1) is 11.3 Å². The van der Waals surface area contributed by atoms with Crippen LogP contribution in [0.3, 0.4) is 0 Å². The van der Waals surface area contributed by atoms with E-state index in [0.29, 0.717) is 6.61 Å².